The Bertz CT molecular complexity index is 450. The van der Waals surface area contributed by atoms with E-state index in [1.165, 1.54) is 0 Å². The van der Waals surface area contributed by atoms with Crippen LogP contribution in [-0.2, 0) is 19.2 Å². The topological polar surface area (TPSA) is 171 Å². The van der Waals surface area contributed by atoms with Gasteiger partial charge in [-0.05, 0) is 0 Å². The van der Waals surface area contributed by atoms with Gasteiger partial charge in [-0.1, -0.05) is 0 Å². The number of nitrogens with one attached hydrogen (secondary N) is 3. The fourth-order valence-electron chi connectivity index (χ4n) is 1.37. The van der Waals surface area contributed by atoms with E-state index in [0.717, 1.165) is 0 Å². The summed E-state index contributed by atoms with van der Waals surface area (Å²) in [5, 5.41) is 24.3. The maximum Gasteiger partial charge on any atom is 0.328 e. The van der Waals surface area contributed by atoms with Gasteiger partial charge in [0.05, 0.1) is 13.2 Å². The lowest BCUT2D eigenvalue weighted by molar-refractivity contribution is -0.143. The number of nitrogens with two attached hydrogens (primary N) is 1. The molecule has 3 atom stereocenters. The minimum Gasteiger partial charge on any atom is -0.480 e. The van der Waals surface area contributed by atoms with Gasteiger partial charge in [0.2, 0.25) is 17.7 Å². The first-order valence-electron chi connectivity index (χ1n) is 6.46. The highest BCUT2D eigenvalue weighted by Crippen LogP contribution is 1.95. The summed E-state index contributed by atoms with van der Waals surface area (Å²) < 4.78 is 0. The molecule has 12 heteroatoms. The second-order valence-corrected chi connectivity index (χ2v) is 5.06. The highest BCUT2D eigenvalue weighted by Gasteiger charge is 2.27. The molecule has 0 bridgehead atoms. The predicted octanol–water partition coefficient (Wildman–Crippen LogP) is -3.66. The van der Waals surface area contributed by atoms with E-state index in [4.69, 9.17) is 15.9 Å². The van der Waals surface area contributed by atoms with Crippen LogP contribution in [0.2, 0.25) is 0 Å². The summed E-state index contributed by atoms with van der Waals surface area (Å²) >= 11 is 7.83. The number of carbonyl (C=O) groups is 4. The van der Waals surface area contributed by atoms with E-state index in [2.05, 4.69) is 41.2 Å². The minimum atomic E-state index is -1.50. The number of aliphatic hydroxyl groups is 1. The zero-order valence-electron chi connectivity index (χ0n) is 12.1. The second-order valence-electron chi connectivity index (χ2n) is 4.33. The van der Waals surface area contributed by atoms with E-state index < -0.39 is 48.4 Å². The van der Waals surface area contributed by atoms with Crippen LogP contribution >= 0.6 is 25.3 Å². The number of carboxylic acids is 1. The lowest BCUT2D eigenvalue weighted by Crippen LogP contribution is -2.57. The number of hydrogen-bond donors (Lipinski definition) is 8. The Morgan fingerprint density at radius 2 is 1.35 bits per heavy atom. The summed E-state index contributed by atoms with van der Waals surface area (Å²) in [5.41, 5.74) is 5.12. The second kappa shape index (κ2) is 11.1. The zero-order chi connectivity index (χ0) is 18.0. The van der Waals surface area contributed by atoms with E-state index in [1.54, 1.807) is 0 Å². The van der Waals surface area contributed by atoms with Crippen molar-refractivity contribution >= 4 is 48.9 Å². The number of amides is 3. The molecular weight excluding hydrogens is 348 g/mol. The summed E-state index contributed by atoms with van der Waals surface area (Å²) in [5.74, 6) is -3.69. The van der Waals surface area contributed by atoms with Crippen molar-refractivity contribution in [1.29, 1.82) is 0 Å². The van der Waals surface area contributed by atoms with Gasteiger partial charge >= 0.3 is 5.97 Å². The first-order valence-corrected chi connectivity index (χ1v) is 7.72. The highest BCUT2D eigenvalue weighted by atomic mass is 32.1. The Hall–Kier alpha value is -1.50. The molecule has 0 aliphatic rings. The molecule has 0 rings (SSSR count). The van der Waals surface area contributed by atoms with Gasteiger partial charge in [0, 0.05) is 11.5 Å². The van der Waals surface area contributed by atoms with Crippen LogP contribution < -0.4 is 21.7 Å². The number of aliphatic carboxylic acids is 1. The first kappa shape index (κ1) is 21.5. The molecule has 0 aliphatic heterocycles. The van der Waals surface area contributed by atoms with Crippen LogP contribution in [0.3, 0.4) is 0 Å². The number of hydrogen-bond acceptors (Lipinski definition) is 8. The van der Waals surface area contributed by atoms with Gasteiger partial charge in [-0.3, -0.25) is 14.4 Å². The fourth-order valence-corrected chi connectivity index (χ4v) is 1.89. The van der Waals surface area contributed by atoms with Gasteiger partial charge in [-0.2, -0.15) is 25.3 Å². The van der Waals surface area contributed by atoms with Crippen LogP contribution in [0, 0.1) is 0 Å². The molecule has 0 spiro atoms. The van der Waals surface area contributed by atoms with E-state index in [-0.39, 0.29) is 18.1 Å². The lowest BCUT2D eigenvalue weighted by atomic mass is 10.2. The Labute approximate surface area is 143 Å². The summed E-state index contributed by atoms with van der Waals surface area (Å²) in [6.07, 6.45) is 0. The molecule has 23 heavy (non-hydrogen) atoms. The summed E-state index contributed by atoms with van der Waals surface area (Å²) in [4.78, 5) is 45.8. The number of rotatable bonds is 10. The van der Waals surface area contributed by atoms with Crippen LogP contribution in [0.1, 0.15) is 0 Å². The third kappa shape index (κ3) is 7.54. The van der Waals surface area contributed by atoms with E-state index in [1.807, 2.05) is 0 Å². The van der Waals surface area contributed by atoms with Crippen molar-refractivity contribution in [1.82, 2.24) is 16.0 Å². The van der Waals surface area contributed by atoms with Gasteiger partial charge in [-0.15, -0.1) is 0 Å². The van der Waals surface area contributed by atoms with Crippen molar-refractivity contribution in [2.45, 2.75) is 18.1 Å². The highest BCUT2D eigenvalue weighted by molar-refractivity contribution is 7.80. The van der Waals surface area contributed by atoms with Gasteiger partial charge in [0.1, 0.15) is 18.1 Å². The standard InChI is InChI=1S/C11H20N4O6S2/c12-1-8(17)13-6(3-22)9(18)15-7(4-23)10(19)14-5(2-16)11(20)21/h5-7,16,22-23H,1-4,12H2,(H,13,17)(H,14,19)(H,15,18)(H,20,21). The van der Waals surface area contributed by atoms with Gasteiger partial charge in [0.25, 0.3) is 0 Å². The molecule has 0 heterocycles. The molecule has 10 nitrogen and oxygen atoms in total. The average Bonchev–Trinajstić information content (AvgIpc) is 2.53. The molecule has 0 saturated heterocycles. The van der Waals surface area contributed by atoms with E-state index >= 15 is 0 Å². The first-order chi connectivity index (χ1) is 10.8. The molecular formula is C11H20N4O6S2. The van der Waals surface area contributed by atoms with Crippen LogP contribution in [0.5, 0.6) is 0 Å². The molecule has 0 aromatic carbocycles. The molecule has 0 aromatic rings. The quantitative estimate of drug-likeness (QED) is 0.184. The molecule has 0 aromatic heterocycles. The van der Waals surface area contributed by atoms with Gasteiger partial charge in [-0.25, -0.2) is 4.79 Å². The Balaban J connectivity index is 4.78. The minimum absolute atomic E-state index is 0.0348. The van der Waals surface area contributed by atoms with Crippen LogP contribution in [0.15, 0.2) is 0 Å². The summed E-state index contributed by atoms with van der Waals surface area (Å²) in [6, 6.07) is -3.67. The van der Waals surface area contributed by atoms with Crippen molar-refractivity contribution in [3.8, 4) is 0 Å². The van der Waals surface area contributed by atoms with Crippen molar-refractivity contribution in [2.75, 3.05) is 24.7 Å². The molecule has 0 radical (unpaired) electrons. The Morgan fingerprint density at radius 1 is 0.913 bits per heavy atom. The van der Waals surface area contributed by atoms with Crippen molar-refractivity contribution in [3.63, 3.8) is 0 Å². The Morgan fingerprint density at radius 3 is 1.70 bits per heavy atom. The van der Waals surface area contributed by atoms with Crippen molar-refractivity contribution in [3.05, 3.63) is 0 Å². The normalized spacial score (nSPS) is 14.3. The third-order valence-electron chi connectivity index (χ3n) is 2.63. The Kier molecular flexibility index (Phi) is 10.4. The van der Waals surface area contributed by atoms with Crippen LogP contribution in [-0.4, -0.2) is 76.7 Å². The van der Waals surface area contributed by atoms with Crippen molar-refractivity contribution < 1.29 is 29.4 Å². The molecule has 3 unspecified atom stereocenters. The monoisotopic (exact) mass is 368 g/mol. The summed E-state index contributed by atoms with van der Waals surface area (Å²) in [7, 11) is 0. The molecule has 0 fully saturated rings. The van der Waals surface area contributed by atoms with E-state index in [0.29, 0.717) is 0 Å². The van der Waals surface area contributed by atoms with Gasteiger partial charge in [0.15, 0.2) is 0 Å². The number of thiol groups is 2. The lowest BCUT2D eigenvalue weighted by Gasteiger charge is -2.22. The fraction of sp³-hybridized carbons (Fsp3) is 0.636. The number of carboxylic acid groups (broad SMARTS) is 1. The molecule has 132 valence electrons. The third-order valence-corrected chi connectivity index (χ3v) is 3.36. The SMILES string of the molecule is NCC(=O)NC(CS)C(=O)NC(CS)C(=O)NC(CO)C(=O)O. The van der Waals surface area contributed by atoms with Crippen molar-refractivity contribution in [2.24, 2.45) is 5.73 Å². The smallest absolute Gasteiger partial charge is 0.328 e. The maximum absolute atomic E-state index is 12.0. The largest absolute Gasteiger partial charge is 0.480 e. The predicted molar refractivity (Wildman–Crippen MR) is 87.3 cm³/mol. The van der Waals surface area contributed by atoms with Crippen LogP contribution in [0.4, 0.5) is 0 Å². The zero-order valence-corrected chi connectivity index (χ0v) is 13.8. The summed E-state index contributed by atoms with van der Waals surface area (Å²) in [6.45, 7) is -1.12. The number of aliphatic hydroxyl groups excluding tert-OH is 1. The van der Waals surface area contributed by atoms with Gasteiger partial charge < -0.3 is 31.9 Å². The van der Waals surface area contributed by atoms with Crippen LogP contribution in [0.25, 0.3) is 0 Å². The molecule has 0 aliphatic carbocycles. The maximum atomic E-state index is 12.0. The van der Waals surface area contributed by atoms with E-state index in [9.17, 15) is 19.2 Å². The molecule has 7 N–H and O–H groups in total. The number of carbonyl (C=O) groups excluding carboxylic acids is 3. The average molecular weight is 368 g/mol. The molecule has 0 saturated carbocycles. The molecule has 3 amide bonds.